The van der Waals surface area contributed by atoms with E-state index in [-0.39, 0.29) is 11.4 Å². The molecule has 3 aromatic carbocycles. The maximum atomic E-state index is 13.4. The van der Waals surface area contributed by atoms with Gasteiger partial charge in [-0.1, -0.05) is 42.5 Å². The van der Waals surface area contributed by atoms with Crippen LogP contribution < -0.4 is 10.3 Å². The fraction of sp³-hybridized carbons (Fsp3) is 0.0769. The number of carboxylic acid groups (broad SMARTS) is 1. The number of furan rings is 1. The molecule has 1 atom stereocenters. The summed E-state index contributed by atoms with van der Waals surface area (Å²) in [6.07, 6.45) is 0.388. The number of fused-ring (bicyclic) bond motifs is 2. The molecular weight excluding hydrogens is 434 g/mol. The van der Waals surface area contributed by atoms with Gasteiger partial charge in [0.2, 0.25) is 5.82 Å². The number of ether oxygens (including phenoxy) is 1. The molecule has 1 N–H and O–H groups in total. The van der Waals surface area contributed by atoms with Crippen molar-refractivity contribution in [1.82, 2.24) is 9.66 Å². The van der Waals surface area contributed by atoms with Crippen LogP contribution in [0.15, 0.2) is 93.2 Å². The van der Waals surface area contributed by atoms with Crippen molar-refractivity contribution in [3.05, 3.63) is 94.8 Å². The van der Waals surface area contributed by atoms with Crippen LogP contribution >= 0.6 is 0 Å². The van der Waals surface area contributed by atoms with Gasteiger partial charge in [0.1, 0.15) is 11.3 Å². The molecular formula is C26H19N3O5. The Hall–Kier alpha value is -4.72. The van der Waals surface area contributed by atoms with E-state index in [1.807, 2.05) is 36.4 Å². The number of hydrogen-bond acceptors (Lipinski definition) is 6. The molecule has 2 heterocycles. The van der Waals surface area contributed by atoms with Gasteiger partial charge in [0.15, 0.2) is 11.9 Å². The minimum Gasteiger partial charge on any atom is -0.479 e. The molecule has 0 saturated carbocycles. The normalized spacial score (nSPS) is 12.4. The molecule has 168 valence electrons. The lowest BCUT2D eigenvalue weighted by atomic mass is 10.2. The third kappa shape index (κ3) is 3.93. The molecule has 0 bridgehead atoms. The van der Waals surface area contributed by atoms with Crippen LogP contribution in [-0.2, 0) is 4.79 Å². The van der Waals surface area contributed by atoms with Gasteiger partial charge in [0, 0.05) is 10.9 Å². The van der Waals surface area contributed by atoms with E-state index in [1.165, 1.54) is 17.8 Å². The summed E-state index contributed by atoms with van der Waals surface area (Å²) in [7, 11) is 0. The number of carbonyl (C=O) groups is 1. The Morgan fingerprint density at radius 2 is 1.82 bits per heavy atom. The summed E-state index contributed by atoms with van der Waals surface area (Å²) < 4.78 is 12.7. The van der Waals surface area contributed by atoms with Gasteiger partial charge in [-0.25, -0.2) is 9.78 Å². The van der Waals surface area contributed by atoms with Crippen LogP contribution in [0.2, 0.25) is 0 Å². The molecule has 2 aromatic heterocycles. The van der Waals surface area contributed by atoms with Gasteiger partial charge >= 0.3 is 5.97 Å². The van der Waals surface area contributed by atoms with Crippen LogP contribution in [0.25, 0.3) is 33.5 Å². The minimum atomic E-state index is -1.09. The molecule has 0 saturated heterocycles. The maximum Gasteiger partial charge on any atom is 0.344 e. The van der Waals surface area contributed by atoms with Crippen molar-refractivity contribution < 1.29 is 19.1 Å². The molecule has 0 aliphatic heterocycles. The number of nitrogens with zero attached hydrogens (tertiary/aromatic N) is 3. The van der Waals surface area contributed by atoms with E-state index in [0.29, 0.717) is 33.6 Å². The van der Waals surface area contributed by atoms with Crippen molar-refractivity contribution >= 4 is 34.1 Å². The van der Waals surface area contributed by atoms with Crippen LogP contribution in [0.4, 0.5) is 0 Å². The first-order chi connectivity index (χ1) is 16.5. The molecule has 34 heavy (non-hydrogen) atoms. The highest BCUT2D eigenvalue weighted by atomic mass is 16.5. The Morgan fingerprint density at radius 3 is 2.65 bits per heavy atom. The molecule has 0 radical (unpaired) electrons. The Kier molecular flexibility index (Phi) is 5.39. The molecule has 0 aliphatic rings. The van der Waals surface area contributed by atoms with Crippen molar-refractivity contribution in [3.8, 4) is 17.3 Å². The van der Waals surface area contributed by atoms with E-state index >= 15 is 0 Å². The summed E-state index contributed by atoms with van der Waals surface area (Å²) in [5.41, 5.74) is 1.33. The molecule has 0 amide bonds. The zero-order valence-corrected chi connectivity index (χ0v) is 18.1. The summed E-state index contributed by atoms with van der Waals surface area (Å²) in [5.74, 6) is -0.124. The zero-order chi connectivity index (χ0) is 23.7. The fourth-order valence-electron chi connectivity index (χ4n) is 3.54. The highest BCUT2D eigenvalue weighted by Gasteiger charge is 2.17. The van der Waals surface area contributed by atoms with Crippen molar-refractivity contribution in [2.75, 3.05) is 0 Å². The largest absolute Gasteiger partial charge is 0.479 e. The van der Waals surface area contributed by atoms with E-state index in [1.54, 1.807) is 42.5 Å². The van der Waals surface area contributed by atoms with E-state index in [4.69, 9.17) is 9.15 Å². The SMILES string of the molecule is C[C@H](Oc1ccccc1C=Nn1c(-c2cc3ccccc3o2)nc2ccccc2c1=O)C(=O)O. The van der Waals surface area contributed by atoms with E-state index in [0.717, 1.165) is 5.39 Å². The van der Waals surface area contributed by atoms with Gasteiger partial charge in [0.25, 0.3) is 5.56 Å². The number of benzene rings is 3. The van der Waals surface area contributed by atoms with E-state index < -0.39 is 12.1 Å². The van der Waals surface area contributed by atoms with Gasteiger partial charge < -0.3 is 14.3 Å². The number of rotatable bonds is 6. The molecule has 0 aliphatic carbocycles. The minimum absolute atomic E-state index is 0.244. The van der Waals surface area contributed by atoms with Crippen LogP contribution in [0, 0.1) is 0 Å². The lowest BCUT2D eigenvalue weighted by Crippen LogP contribution is -2.23. The quantitative estimate of drug-likeness (QED) is 0.378. The number of para-hydroxylation sites is 3. The first-order valence-corrected chi connectivity index (χ1v) is 10.5. The molecule has 0 unspecified atom stereocenters. The molecule has 5 rings (SSSR count). The summed E-state index contributed by atoms with van der Waals surface area (Å²) in [6.45, 7) is 1.44. The molecule has 8 nitrogen and oxygen atoms in total. The molecule has 0 fully saturated rings. The Bertz CT molecular complexity index is 1580. The Labute approximate surface area is 193 Å². The van der Waals surface area contributed by atoms with Gasteiger partial charge in [-0.05, 0) is 43.3 Å². The van der Waals surface area contributed by atoms with E-state index in [2.05, 4.69) is 10.1 Å². The van der Waals surface area contributed by atoms with E-state index in [9.17, 15) is 14.7 Å². The second kappa shape index (κ2) is 8.67. The van der Waals surface area contributed by atoms with Crippen LogP contribution in [0.5, 0.6) is 5.75 Å². The topological polar surface area (TPSA) is 107 Å². The molecule has 8 heteroatoms. The standard InChI is InChI=1S/C26H19N3O5/c1-16(26(31)32)33-22-13-7-3-9-18(22)15-27-29-24(23-14-17-8-2-6-12-21(17)34-23)28-20-11-5-4-10-19(20)25(29)30/h2-16H,1H3,(H,31,32)/t16-/m0/s1. The number of aliphatic carboxylic acids is 1. The predicted octanol–water partition coefficient (Wildman–Crippen LogP) is 4.54. The van der Waals surface area contributed by atoms with Gasteiger partial charge in [-0.15, -0.1) is 0 Å². The highest BCUT2D eigenvalue weighted by molar-refractivity contribution is 5.86. The number of hydrogen-bond donors (Lipinski definition) is 1. The summed E-state index contributed by atoms with van der Waals surface area (Å²) >= 11 is 0. The second-order valence-corrected chi connectivity index (χ2v) is 7.60. The zero-order valence-electron chi connectivity index (χ0n) is 18.1. The smallest absolute Gasteiger partial charge is 0.344 e. The summed E-state index contributed by atoms with van der Waals surface area (Å²) in [6, 6.07) is 23.2. The summed E-state index contributed by atoms with van der Waals surface area (Å²) in [4.78, 5) is 29.2. The van der Waals surface area contributed by atoms with Crippen molar-refractivity contribution in [2.45, 2.75) is 13.0 Å². The van der Waals surface area contributed by atoms with Crippen molar-refractivity contribution in [3.63, 3.8) is 0 Å². The van der Waals surface area contributed by atoms with Crippen molar-refractivity contribution in [1.29, 1.82) is 0 Å². The van der Waals surface area contributed by atoms with Crippen molar-refractivity contribution in [2.24, 2.45) is 5.10 Å². The maximum absolute atomic E-state index is 13.4. The third-order valence-corrected chi connectivity index (χ3v) is 5.28. The van der Waals surface area contributed by atoms with Gasteiger partial charge in [-0.2, -0.15) is 9.78 Å². The first kappa shape index (κ1) is 21.1. The predicted molar refractivity (Wildman–Crippen MR) is 128 cm³/mol. The molecule has 0 spiro atoms. The summed E-state index contributed by atoms with van der Waals surface area (Å²) in [5, 5.41) is 14.9. The average Bonchev–Trinajstić information content (AvgIpc) is 3.28. The average molecular weight is 453 g/mol. The first-order valence-electron chi connectivity index (χ1n) is 10.5. The molecule has 5 aromatic rings. The fourth-order valence-corrected chi connectivity index (χ4v) is 3.54. The van der Waals surface area contributed by atoms with Gasteiger partial charge in [-0.3, -0.25) is 4.79 Å². The lowest BCUT2D eigenvalue weighted by Gasteiger charge is -2.12. The number of aromatic nitrogens is 2. The van der Waals surface area contributed by atoms with Gasteiger partial charge in [0.05, 0.1) is 17.1 Å². The Morgan fingerprint density at radius 1 is 1.09 bits per heavy atom. The van der Waals surface area contributed by atoms with Crippen LogP contribution in [-0.4, -0.2) is 33.1 Å². The third-order valence-electron chi connectivity index (χ3n) is 5.28. The lowest BCUT2D eigenvalue weighted by molar-refractivity contribution is -0.144. The number of carboxylic acids is 1. The highest BCUT2D eigenvalue weighted by Crippen LogP contribution is 2.27. The Balaban J connectivity index is 1.66. The van der Waals surface area contributed by atoms with Crippen LogP contribution in [0.3, 0.4) is 0 Å². The monoisotopic (exact) mass is 453 g/mol. The second-order valence-electron chi connectivity index (χ2n) is 7.60. The van der Waals surface area contributed by atoms with Crippen LogP contribution in [0.1, 0.15) is 12.5 Å².